The normalized spacial score (nSPS) is 13.8. The number of hydrogen-bond acceptors (Lipinski definition) is 7. The van der Waals surface area contributed by atoms with Gasteiger partial charge in [-0.05, 0) is 24.5 Å². The molecule has 8 heteroatoms. The van der Waals surface area contributed by atoms with Crippen LogP contribution in [0.3, 0.4) is 0 Å². The highest BCUT2D eigenvalue weighted by Gasteiger charge is 2.18. The summed E-state index contributed by atoms with van der Waals surface area (Å²) in [5, 5.41) is 10.2. The minimum atomic E-state index is -0.493. The van der Waals surface area contributed by atoms with Gasteiger partial charge in [0, 0.05) is 10.5 Å². The van der Waals surface area contributed by atoms with E-state index in [1.165, 1.54) is 6.26 Å². The maximum Gasteiger partial charge on any atom is 0.322 e. The lowest BCUT2D eigenvalue weighted by Gasteiger charge is -2.13. The number of benzene rings is 1. The lowest BCUT2D eigenvalue weighted by atomic mass is 10.2. The molecular formula is C14H13N3O4S. The van der Waals surface area contributed by atoms with Crippen molar-refractivity contribution in [2.75, 3.05) is 24.8 Å². The summed E-state index contributed by atoms with van der Waals surface area (Å²) < 4.78 is 15.6. The van der Waals surface area contributed by atoms with Crippen LogP contribution in [-0.4, -0.2) is 35.6 Å². The molecule has 2 heterocycles. The van der Waals surface area contributed by atoms with Crippen molar-refractivity contribution in [2.45, 2.75) is 4.90 Å². The van der Waals surface area contributed by atoms with Crippen molar-refractivity contribution < 1.29 is 18.7 Å². The average Bonchev–Trinajstić information content (AvgIpc) is 3.04. The Kier molecular flexibility index (Phi) is 4.29. The van der Waals surface area contributed by atoms with Crippen molar-refractivity contribution in [1.82, 2.24) is 10.2 Å². The Balaban J connectivity index is 1.73. The van der Waals surface area contributed by atoms with Crippen molar-refractivity contribution in [3.63, 3.8) is 0 Å². The van der Waals surface area contributed by atoms with Gasteiger partial charge in [0.15, 0.2) is 0 Å². The smallest absolute Gasteiger partial charge is 0.322 e. The number of anilines is 1. The van der Waals surface area contributed by atoms with Crippen molar-refractivity contribution in [2.24, 2.45) is 0 Å². The molecule has 0 spiro atoms. The predicted octanol–water partition coefficient (Wildman–Crippen LogP) is 2.29. The van der Waals surface area contributed by atoms with Crippen LogP contribution in [0.2, 0.25) is 0 Å². The lowest BCUT2D eigenvalue weighted by molar-refractivity contribution is -0.117. The Bertz CT molecular complexity index is 714. The van der Waals surface area contributed by atoms with Gasteiger partial charge in [0.25, 0.3) is 5.91 Å². The van der Waals surface area contributed by atoms with Crippen molar-refractivity contribution in [1.29, 1.82) is 0 Å². The second kappa shape index (κ2) is 6.52. The third kappa shape index (κ3) is 3.22. The summed E-state index contributed by atoms with van der Waals surface area (Å²) in [4.78, 5) is 13.0. The lowest BCUT2D eigenvalue weighted by Crippen LogP contribution is -2.21. The molecule has 0 fully saturated rings. The van der Waals surface area contributed by atoms with Crippen LogP contribution in [0.15, 0.2) is 45.6 Å². The maximum atomic E-state index is 11.9. The fourth-order valence-electron chi connectivity index (χ4n) is 1.79. The van der Waals surface area contributed by atoms with Crippen LogP contribution in [0.4, 0.5) is 6.01 Å². The van der Waals surface area contributed by atoms with E-state index in [9.17, 15) is 4.79 Å². The Morgan fingerprint density at radius 3 is 3.00 bits per heavy atom. The fourth-order valence-corrected chi connectivity index (χ4v) is 2.25. The second-order valence-electron chi connectivity index (χ2n) is 4.30. The van der Waals surface area contributed by atoms with Crippen LogP contribution in [0.1, 0.15) is 0 Å². The molecular weight excluding hydrogens is 306 g/mol. The van der Waals surface area contributed by atoms with Gasteiger partial charge in [-0.25, -0.2) is 0 Å². The second-order valence-corrected chi connectivity index (χ2v) is 5.18. The van der Waals surface area contributed by atoms with Crippen molar-refractivity contribution >= 4 is 23.7 Å². The monoisotopic (exact) mass is 319 g/mol. The number of aromatic nitrogens is 2. The van der Waals surface area contributed by atoms with Crippen molar-refractivity contribution in [3.8, 4) is 11.5 Å². The number of nitrogens with zero attached hydrogens (tertiary/aromatic N) is 2. The van der Waals surface area contributed by atoms with Crippen LogP contribution in [0.5, 0.6) is 0 Å². The Morgan fingerprint density at radius 1 is 1.32 bits per heavy atom. The zero-order chi connectivity index (χ0) is 15.4. The SMILES string of the molecule is CSc1cccc(-c2nnc(NC(=O)C3=COCCO3)o2)c1. The molecule has 0 saturated carbocycles. The summed E-state index contributed by atoms with van der Waals surface area (Å²) in [6.45, 7) is 0.753. The van der Waals surface area contributed by atoms with Gasteiger partial charge in [0.2, 0.25) is 11.6 Å². The first-order valence-electron chi connectivity index (χ1n) is 6.50. The van der Waals surface area contributed by atoms with E-state index in [1.54, 1.807) is 11.8 Å². The van der Waals surface area contributed by atoms with E-state index in [0.717, 1.165) is 10.5 Å². The molecule has 0 radical (unpaired) electrons. The first kappa shape index (κ1) is 14.5. The summed E-state index contributed by atoms with van der Waals surface area (Å²) in [7, 11) is 0. The highest BCUT2D eigenvalue weighted by Crippen LogP contribution is 2.24. The number of hydrogen-bond donors (Lipinski definition) is 1. The zero-order valence-electron chi connectivity index (χ0n) is 11.7. The van der Waals surface area contributed by atoms with Crippen LogP contribution >= 0.6 is 11.8 Å². The molecule has 0 saturated heterocycles. The quantitative estimate of drug-likeness (QED) is 0.865. The van der Waals surface area contributed by atoms with Gasteiger partial charge in [-0.2, -0.15) is 0 Å². The molecule has 0 atom stereocenters. The number of amides is 1. The van der Waals surface area contributed by atoms with Gasteiger partial charge in [0.05, 0.1) is 0 Å². The maximum absolute atomic E-state index is 11.9. The van der Waals surface area contributed by atoms with Gasteiger partial charge in [-0.15, -0.1) is 16.9 Å². The molecule has 1 aromatic heterocycles. The van der Waals surface area contributed by atoms with Crippen LogP contribution in [0.25, 0.3) is 11.5 Å². The van der Waals surface area contributed by atoms with Crippen molar-refractivity contribution in [3.05, 3.63) is 36.3 Å². The standard InChI is InChI=1S/C14H13N3O4S/c1-22-10-4-2-3-9(7-10)13-16-17-14(21-13)15-12(18)11-8-19-5-6-20-11/h2-4,7-8H,5-6H2,1H3,(H,15,17,18). The topological polar surface area (TPSA) is 86.5 Å². The highest BCUT2D eigenvalue weighted by molar-refractivity contribution is 7.98. The van der Waals surface area contributed by atoms with E-state index in [2.05, 4.69) is 15.5 Å². The minimum absolute atomic E-state index is 0.00429. The molecule has 1 aromatic carbocycles. The first-order chi connectivity index (χ1) is 10.8. The van der Waals surface area contributed by atoms with Gasteiger partial charge in [0.1, 0.15) is 19.5 Å². The molecule has 0 unspecified atom stereocenters. The van der Waals surface area contributed by atoms with Crippen LogP contribution < -0.4 is 5.32 Å². The number of nitrogens with one attached hydrogen (secondary N) is 1. The minimum Gasteiger partial charge on any atom is -0.494 e. The van der Waals surface area contributed by atoms with Gasteiger partial charge in [-0.3, -0.25) is 10.1 Å². The van der Waals surface area contributed by atoms with Crippen LogP contribution in [0, 0.1) is 0 Å². The molecule has 114 valence electrons. The molecule has 0 aliphatic carbocycles. The Hall–Kier alpha value is -2.48. The number of carbonyl (C=O) groups excluding carboxylic acids is 1. The molecule has 3 rings (SSSR count). The Labute approximate surface area is 130 Å². The molecule has 7 nitrogen and oxygen atoms in total. The number of thioether (sulfide) groups is 1. The summed E-state index contributed by atoms with van der Waals surface area (Å²) in [5.74, 6) is -0.0795. The molecule has 1 N–H and O–H groups in total. The van der Waals surface area contributed by atoms with Gasteiger partial charge >= 0.3 is 6.01 Å². The molecule has 22 heavy (non-hydrogen) atoms. The van der Waals surface area contributed by atoms with E-state index >= 15 is 0 Å². The summed E-state index contributed by atoms with van der Waals surface area (Å²) >= 11 is 1.62. The van der Waals surface area contributed by atoms with E-state index in [1.807, 2.05) is 30.5 Å². The Morgan fingerprint density at radius 2 is 2.23 bits per heavy atom. The summed E-state index contributed by atoms with van der Waals surface area (Å²) in [5.41, 5.74) is 0.788. The van der Waals surface area contributed by atoms with E-state index in [0.29, 0.717) is 19.1 Å². The first-order valence-corrected chi connectivity index (χ1v) is 7.72. The number of ether oxygens (including phenoxy) is 2. The largest absolute Gasteiger partial charge is 0.494 e. The molecule has 1 aliphatic rings. The third-order valence-corrected chi connectivity index (χ3v) is 3.56. The molecule has 1 amide bonds. The predicted molar refractivity (Wildman–Crippen MR) is 80.1 cm³/mol. The van der Waals surface area contributed by atoms with Crippen LogP contribution in [-0.2, 0) is 14.3 Å². The zero-order valence-corrected chi connectivity index (χ0v) is 12.6. The summed E-state index contributed by atoms with van der Waals surface area (Å²) in [6.07, 6.45) is 3.25. The fraction of sp³-hybridized carbons (Fsp3) is 0.214. The molecule has 1 aliphatic heterocycles. The van der Waals surface area contributed by atoms with E-state index in [4.69, 9.17) is 13.9 Å². The molecule has 0 bridgehead atoms. The van der Waals surface area contributed by atoms with Gasteiger partial charge in [-0.1, -0.05) is 11.2 Å². The summed E-state index contributed by atoms with van der Waals surface area (Å²) in [6, 6.07) is 7.69. The van der Waals surface area contributed by atoms with E-state index in [-0.39, 0.29) is 11.8 Å². The average molecular weight is 319 g/mol. The van der Waals surface area contributed by atoms with E-state index < -0.39 is 5.91 Å². The number of carbonyl (C=O) groups is 1. The highest BCUT2D eigenvalue weighted by atomic mass is 32.2. The number of rotatable bonds is 4. The van der Waals surface area contributed by atoms with Gasteiger partial charge < -0.3 is 13.9 Å². The third-order valence-electron chi connectivity index (χ3n) is 2.84. The molecule has 2 aromatic rings.